The zero-order chi connectivity index (χ0) is 12.8. The average molecular weight is 248 g/mol. The van der Waals surface area contributed by atoms with Crippen molar-refractivity contribution < 1.29 is 5.11 Å². The van der Waals surface area contributed by atoms with E-state index in [2.05, 4.69) is 29.2 Å². The number of aliphatic hydroxyl groups is 1. The minimum absolute atomic E-state index is 0.212. The molecule has 0 spiro atoms. The van der Waals surface area contributed by atoms with E-state index in [9.17, 15) is 5.11 Å². The van der Waals surface area contributed by atoms with Crippen LogP contribution in [0.5, 0.6) is 0 Å². The van der Waals surface area contributed by atoms with Gasteiger partial charge in [-0.1, -0.05) is 31.4 Å². The molecule has 0 bridgehead atoms. The molecule has 100 valence electrons. The monoisotopic (exact) mass is 248 g/mol. The highest BCUT2D eigenvalue weighted by molar-refractivity contribution is 5.49. The zero-order valence-electron chi connectivity index (χ0n) is 11.0. The van der Waals surface area contributed by atoms with Crippen molar-refractivity contribution in [1.82, 2.24) is 0 Å². The van der Waals surface area contributed by atoms with Gasteiger partial charge in [-0.05, 0) is 30.5 Å². The maximum absolute atomic E-state index is 9.29. The fourth-order valence-corrected chi connectivity index (χ4v) is 2.89. The number of nitrogens with two attached hydrogens (primary N) is 1. The Morgan fingerprint density at radius 1 is 1.22 bits per heavy atom. The third-order valence-corrected chi connectivity index (χ3v) is 3.83. The van der Waals surface area contributed by atoms with E-state index in [-0.39, 0.29) is 6.61 Å². The second kappa shape index (κ2) is 6.76. The summed E-state index contributed by atoms with van der Waals surface area (Å²) in [5.74, 6) is 0. The Morgan fingerprint density at radius 2 is 2.00 bits per heavy atom. The molecule has 18 heavy (non-hydrogen) atoms. The summed E-state index contributed by atoms with van der Waals surface area (Å²) in [6, 6.07) is 8.99. The molecule has 1 aromatic carbocycles. The first-order valence-electron chi connectivity index (χ1n) is 7.01. The third-order valence-electron chi connectivity index (χ3n) is 3.83. The fourth-order valence-electron chi connectivity index (χ4n) is 2.89. The average Bonchev–Trinajstić information content (AvgIpc) is 2.46. The molecule has 2 rings (SSSR count). The number of nitrogens with zero attached hydrogens (tertiary/aromatic N) is 1. The van der Waals surface area contributed by atoms with Crippen LogP contribution in [0.4, 0.5) is 5.69 Å². The van der Waals surface area contributed by atoms with Crippen LogP contribution in [0, 0.1) is 0 Å². The number of benzene rings is 1. The van der Waals surface area contributed by atoms with Crippen molar-refractivity contribution in [3.05, 3.63) is 29.8 Å². The molecule has 0 atom stereocenters. The predicted octanol–water partition coefficient (Wildman–Crippen LogP) is 2.28. The van der Waals surface area contributed by atoms with Gasteiger partial charge in [-0.25, -0.2) is 0 Å². The smallest absolute Gasteiger partial charge is 0.0606 e. The minimum Gasteiger partial charge on any atom is -0.395 e. The fraction of sp³-hybridized carbons (Fsp3) is 0.600. The van der Waals surface area contributed by atoms with E-state index in [0.717, 1.165) is 12.1 Å². The molecule has 0 aromatic heterocycles. The molecule has 1 aliphatic rings. The lowest BCUT2D eigenvalue weighted by Crippen LogP contribution is -2.38. The van der Waals surface area contributed by atoms with Crippen molar-refractivity contribution >= 4 is 5.69 Å². The van der Waals surface area contributed by atoms with E-state index in [0.29, 0.717) is 12.6 Å². The molecule has 3 heteroatoms. The Balaban J connectivity index is 2.16. The largest absolute Gasteiger partial charge is 0.395 e. The van der Waals surface area contributed by atoms with Crippen LogP contribution in [0.15, 0.2) is 24.3 Å². The van der Waals surface area contributed by atoms with Gasteiger partial charge in [0, 0.05) is 24.8 Å². The van der Waals surface area contributed by atoms with Crippen LogP contribution in [0.3, 0.4) is 0 Å². The quantitative estimate of drug-likeness (QED) is 0.840. The van der Waals surface area contributed by atoms with Crippen LogP contribution in [-0.2, 0) is 6.54 Å². The van der Waals surface area contributed by atoms with Gasteiger partial charge in [0.2, 0.25) is 0 Å². The summed E-state index contributed by atoms with van der Waals surface area (Å²) in [5.41, 5.74) is 8.07. The highest BCUT2D eigenvalue weighted by Gasteiger charge is 2.21. The number of hydrogen-bond acceptors (Lipinski definition) is 3. The van der Waals surface area contributed by atoms with Crippen LogP contribution >= 0.6 is 0 Å². The lowest BCUT2D eigenvalue weighted by molar-refractivity contribution is 0.290. The van der Waals surface area contributed by atoms with E-state index in [4.69, 9.17) is 5.73 Å². The summed E-state index contributed by atoms with van der Waals surface area (Å²) < 4.78 is 0. The Kier molecular flexibility index (Phi) is 5.02. The second-order valence-corrected chi connectivity index (χ2v) is 5.08. The molecule has 0 radical (unpaired) electrons. The Morgan fingerprint density at radius 3 is 2.67 bits per heavy atom. The highest BCUT2D eigenvalue weighted by atomic mass is 16.3. The topological polar surface area (TPSA) is 49.5 Å². The first-order chi connectivity index (χ1) is 8.85. The van der Waals surface area contributed by atoms with Gasteiger partial charge < -0.3 is 15.7 Å². The molecule has 0 amide bonds. The molecule has 3 nitrogen and oxygen atoms in total. The SMILES string of the molecule is NCc1cccc(N(CCO)C2CCCCC2)c1. The van der Waals surface area contributed by atoms with Crippen LogP contribution in [-0.4, -0.2) is 24.3 Å². The molecule has 3 N–H and O–H groups in total. The summed E-state index contributed by atoms with van der Waals surface area (Å²) in [4.78, 5) is 2.36. The lowest BCUT2D eigenvalue weighted by atomic mass is 9.93. The van der Waals surface area contributed by atoms with Crippen LogP contribution in [0.1, 0.15) is 37.7 Å². The summed E-state index contributed by atoms with van der Waals surface area (Å²) in [7, 11) is 0. The number of hydrogen-bond donors (Lipinski definition) is 2. The molecule has 0 unspecified atom stereocenters. The van der Waals surface area contributed by atoms with Gasteiger partial charge in [-0.2, -0.15) is 0 Å². The zero-order valence-corrected chi connectivity index (χ0v) is 11.0. The van der Waals surface area contributed by atoms with E-state index in [1.807, 2.05) is 0 Å². The van der Waals surface area contributed by atoms with Crippen molar-refractivity contribution in [2.24, 2.45) is 5.73 Å². The Hall–Kier alpha value is -1.06. The maximum Gasteiger partial charge on any atom is 0.0606 e. The predicted molar refractivity (Wildman–Crippen MR) is 75.6 cm³/mol. The third kappa shape index (κ3) is 3.24. The number of anilines is 1. The highest BCUT2D eigenvalue weighted by Crippen LogP contribution is 2.27. The maximum atomic E-state index is 9.29. The molecular formula is C15H24N2O. The van der Waals surface area contributed by atoms with E-state index in [1.165, 1.54) is 37.8 Å². The molecule has 0 aliphatic heterocycles. The first kappa shape index (κ1) is 13.4. The van der Waals surface area contributed by atoms with Gasteiger partial charge in [0.05, 0.1) is 6.61 Å². The summed E-state index contributed by atoms with van der Waals surface area (Å²) in [6.07, 6.45) is 6.46. The molecule has 0 heterocycles. The van der Waals surface area contributed by atoms with Crippen LogP contribution in [0.2, 0.25) is 0 Å². The Labute approximate surface area is 110 Å². The van der Waals surface area contributed by atoms with E-state index < -0.39 is 0 Å². The molecule has 1 aliphatic carbocycles. The van der Waals surface area contributed by atoms with Crippen LogP contribution in [0.25, 0.3) is 0 Å². The number of rotatable bonds is 5. The lowest BCUT2D eigenvalue weighted by Gasteiger charge is -2.36. The summed E-state index contributed by atoms with van der Waals surface area (Å²) in [5, 5.41) is 9.29. The molecule has 1 fully saturated rings. The van der Waals surface area contributed by atoms with Crippen molar-refractivity contribution in [2.45, 2.75) is 44.7 Å². The van der Waals surface area contributed by atoms with E-state index in [1.54, 1.807) is 0 Å². The standard InChI is InChI=1S/C15H24N2O/c16-12-13-5-4-8-15(11-13)17(9-10-18)14-6-2-1-3-7-14/h4-5,8,11,14,18H,1-3,6-7,9-10,12,16H2. The van der Waals surface area contributed by atoms with Crippen LogP contribution < -0.4 is 10.6 Å². The molecule has 0 saturated heterocycles. The first-order valence-corrected chi connectivity index (χ1v) is 7.01. The summed E-state index contributed by atoms with van der Waals surface area (Å²) >= 11 is 0. The van der Waals surface area contributed by atoms with Crippen molar-refractivity contribution in [3.8, 4) is 0 Å². The minimum atomic E-state index is 0.212. The molecule has 1 saturated carbocycles. The molecular weight excluding hydrogens is 224 g/mol. The second-order valence-electron chi connectivity index (χ2n) is 5.08. The van der Waals surface area contributed by atoms with Gasteiger partial charge in [-0.3, -0.25) is 0 Å². The van der Waals surface area contributed by atoms with Crippen molar-refractivity contribution in [1.29, 1.82) is 0 Å². The normalized spacial score (nSPS) is 16.8. The number of aliphatic hydroxyl groups excluding tert-OH is 1. The van der Waals surface area contributed by atoms with Gasteiger partial charge in [0.25, 0.3) is 0 Å². The summed E-state index contributed by atoms with van der Waals surface area (Å²) in [6.45, 7) is 1.51. The molecule has 1 aromatic rings. The van der Waals surface area contributed by atoms with Crippen molar-refractivity contribution in [2.75, 3.05) is 18.1 Å². The van der Waals surface area contributed by atoms with Gasteiger partial charge in [0.1, 0.15) is 0 Å². The van der Waals surface area contributed by atoms with Gasteiger partial charge >= 0.3 is 0 Å². The van der Waals surface area contributed by atoms with Gasteiger partial charge in [-0.15, -0.1) is 0 Å². The Bertz CT molecular complexity index is 361. The van der Waals surface area contributed by atoms with Crippen molar-refractivity contribution in [3.63, 3.8) is 0 Å². The van der Waals surface area contributed by atoms with Gasteiger partial charge in [0.15, 0.2) is 0 Å². The van der Waals surface area contributed by atoms with E-state index >= 15 is 0 Å².